The number of nitrogens with zero attached hydrogens (tertiary/aromatic N) is 4. The molecule has 0 aliphatic heterocycles. The predicted octanol–water partition coefficient (Wildman–Crippen LogP) is 2.02. The van der Waals surface area contributed by atoms with Gasteiger partial charge in [0.1, 0.15) is 0 Å². The Hall–Kier alpha value is -2.09. The third kappa shape index (κ3) is 3.70. The minimum atomic E-state index is -0.350. The van der Waals surface area contributed by atoms with E-state index in [0.717, 1.165) is 24.4 Å². The van der Waals surface area contributed by atoms with Crippen molar-refractivity contribution in [2.45, 2.75) is 27.2 Å². The molecule has 0 spiro atoms. The Morgan fingerprint density at radius 3 is 2.60 bits per heavy atom. The highest BCUT2D eigenvalue weighted by molar-refractivity contribution is 7.17. The molecule has 0 radical (unpaired) electrons. The molecule has 7 nitrogen and oxygen atoms in total. The van der Waals surface area contributed by atoms with Gasteiger partial charge < -0.3 is 5.32 Å². The first-order chi connectivity index (χ1) is 9.58. The van der Waals surface area contributed by atoms with Gasteiger partial charge in [-0.1, -0.05) is 18.3 Å². The maximum Gasteiger partial charge on any atom is 0.289 e. The van der Waals surface area contributed by atoms with Crippen LogP contribution < -0.4 is 10.6 Å². The number of aryl methyl sites for hydroxylation is 2. The molecule has 2 N–H and O–H groups in total. The summed E-state index contributed by atoms with van der Waals surface area (Å²) in [6.07, 6.45) is 0.984. The van der Waals surface area contributed by atoms with Gasteiger partial charge in [-0.15, -0.1) is 10.2 Å². The monoisotopic (exact) mass is 292 g/mol. The number of nitrogens with one attached hydrogen (secondary N) is 2. The minimum absolute atomic E-state index is 0.283. The van der Waals surface area contributed by atoms with E-state index in [-0.39, 0.29) is 16.9 Å². The predicted molar refractivity (Wildman–Crippen MR) is 78.1 cm³/mol. The Balaban J connectivity index is 2.05. The Labute approximate surface area is 120 Å². The number of carbonyl (C=O) groups excluding carboxylic acids is 1. The molecule has 2 aromatic rings. The molecule has 0 unspecified atom stereocenters. The zero-order valence-electron chi connectivity index (χ0n) is 11.6. The number of amides is 1. The molecule has 0 aliphatic carbocycles. The van der Waals surface area contributed by atoms with Crippen LogP contribution in [0, 0.1) is 13.8 Å². The smallest absolute Gasteiger partial charge is 0.289 e. The molecule has 0 bridgehead atoms. The Morgan fingerprint density at radius 1 is 1.25 bits per heavy atom. The summed E-state index contributed by atoms with van der Waals surface area (Å²) >= 11 is 1.21. The van der Waals surface area contributed by atoms with Crippen molar-refractivity contribution in [3.05, 3.63) is 22.5 Å². The molecular formula is C12H16N6OS. The number of anilines is 2. The molecule has 2 heterocycles. The lowest BCUT2D eigenvalue weighted by molar-refractivity contribution is 0.102. The van der Waals surface area contributed by atoms with Crippen LogP contribution in [-0.4, -0.2) is 32.6 Å². The lowest BCUT2D eigenvalue weighted by Crippen LogP contribution is -2.14. The molecule has 0 aromatic carbocycles. The van der Waals surface area contributed by atoms with Crippen LogP contribution in [0.15, 0.2) is 6.07 Å². The standard InChI is InChI=1S/C12H16N6OS/c1-4-5-13-12-18-17-10(20-12)9(19)16-11-14-7(2)6-8(3)15-11/h6H,4-5H2,1-3H3,(H,13,18)(H,14,15,16,19). The van der Waals surface area contributed by atoms with Gasteiger partial charge in [-0.2, -0.15) is 0 Å². The average molecular weight is 292 g/mol. The fourth-order valence-electron chi connectivity index (χ4n) is 1.56. The molecule has 8 heteroatoms. The van der Waals surface area contributed by atoms with E-state index in [1.165, 1.54) is 11.3 Å². The highest BCUT2D eigenvalue weighted by Crippen LogP contribution is 2.16. The first-order valence-corrected chi connectivity index (χ1v) is 7.11. The third-order valence-electron chi connectivity index (χ3n) is 2.35. The minimum Gasteiger partial charge on any atom is -0.360 e. The maximum absolute atomic E-state index is 12.0. The third-order valence-corrected chi connectivity index (χ3v) is 3.23. The van der Waals surface area contributed by atoms with Crippen LogP contribution in [0.4, 0.5) is 11.1 Å². The number of rotatable bonds is 5. The highest BCUT2D eigenvalue weighted by atomic mass is 32.1. The van der Waals surface area contributed by atoms with Crippen molar-refractivity contribution in [1.29, 1.82) is 0 Å². The normalized spacial score (nSPS) is 10.3. The zero-order valence-corrected chi connectivity index (χ0v) is 12.4. The second-order valence-corrected chi connectivity index (χ2v) is 5.25. The number of aromatic nitrogens is 4. The van der Waals surface area contributed by atoms with Crippen molar-refractivity contribution in [2.24, 2.45) is 0 Å². The van der Waals surface area contributed by atoms with Crippen LogP contribution >= 0.6 is 11.3 Å². The van der Waals surface area contributed by atoms with Crippen LogP contribution in [0.1, 0.15) is 34.5 Å². The summed E-state index contributed by atoms with van der Waals surface area (Å²) in [5, 5.41) is 14.4. The van der Waals surface area contributed by atoms with Crippen molar-refractivity contribution >= 4 is 28.3 Å². The van der Waals surface area contributed by atoms with Gasteiger partial charge in [0, 0.05) is 17.9 Å². The van der Waals surface area contributed by atoms with Crippen LogP contribution in [0.2, 0.25) is 0 Å². The molecule has 0 fully saturated rings. The largest absolute Gasteiger partial charge is 0.360 e. The Morgan fingerprint density at radius 2 is 1.95 bits per heavy atom. The van der Waals surface area contributed by atoms with Crippen molar-refractivity contribution in [1.82, 2.24) is 20.2 Å². The molecule has 0 aliphatic rings. The summed E-state index contributed by atoms with van der Waals surface area (Å²) in [4.78, 5) is 20.3. The summed E-state index contributed by atoms with van der Waals surface area (Å²) in [5.41, 5.74) is 1.60. The van der Waals surface area contributed by atoms with E-state index in [1.807, 2.05) is 19.9 Å². The number of hydrogen-bond donors (Lipinski definition) is 2. The van der Waals surface area contributed by atoms with Gasteiger partial charge in [-0.05, 0) is 26.3 Å². The van der Waals surface area contributed by atoms with Gasteiger partial charge >= 0.3 is 0 Å². The van der Waals surface area contributed by atoms with Gasteiger partial charge in [0.15, 0.2) is 0 Å². The fraction of sp³-hybridized carbons (Fsp3) is 0.417. The maximum atomic E-state index is 12.0. The van der Waals surface area contributed by atoms with E-state index in [4.69, 9.17) is 0 Å². The quantitative estimate of drug-likeness (QED) is 0.875. The van der Waals surface area contributed by atoms with Crippen molar-refractivity contribution in [3.63, 3.8) is 0 Å². The molecule has 106 valence electrons. The summed E-state index contributed by atoms with van der Waals surface area (Å²) in [6, 6.07) is 1.84. The van der Waals surface area contributed by atoms with E-state index in [0.29, 0.717) is 5.13 Å². The second kappa shape index (κ2) is 6.38. The first kappa shape index (κ1) is 14.3. The van der Waals surface area contributed by atoms with Crippen LogP contribution in [-0.2, 0) is 0 Å². The van der Waals surface area contributed by atoms with Gasteiger partial charge in [-0.3, -0.25) is 10.1 Å². The summed E-state index contributed by atoms with van der Waals surface area (Å²) in [6.45, 7) is 6.56. The first-order valence-electron chi connectivity index (χ1n) is 6.29. The molecule has 0 atom stereocenters. The molecule has 1 amide bonds. The lowest BCUT2D eigenvalue weighted by atomic mass is 10.4. The Kier molecular flexibility index (Phi) is 4.57. The van der Waals surface area contributed by atoms with E-state index < -0.39 is 0 Å². The Bertz CT molecular complexity index is 591. The van der Waals surface area contributed by atoms with Gasteiger partial charge in [-0.25, -0.2) is 9.97 Å². The number of carbonyl (C=O) groups is 1. The van der Waals surface area contributed by atoms with Gasteiger partial charge in [0.05, 0.1) is 0 Å². The van der Waals surface area contributed by atoms with Crippen LogP contribution in [0.25, 0.3) is 0 Å². The van der Waals surface area contributed by atoms with E-state index in [2.05, 4.69) is 37.7 Å². The van der Waals surface area contributed by atoms with E-state index in [9.17, 15) is 4.79 Å². The van der Waals surface area contributed by atoms with Crippen molar-refractivity contribution < 1.29 is 4.79 Å². The second-order valence-electron chi connectivity index (χ2n) is 4.27. The van der Waals surface area contributed by atoms with Gasteiger partial charge in [0.25, 0.3) is 5.91 Å². The highest BCUT2D eigenvalue weighted by Gasteiger charge is 2.14. The molecular weight excluding hydrogens is 276 g/mol. The molecule has 20 heavy (non-hydrogen) atoms. The van der Waals surface area contributed by atoms with E-state index in [1.54, 1.807) is 0 Å². The lowest BCUT2D eigenvalue weighted by Gasteiger charge is -2.03. The molecule has 2 rings (SSSR count). The molecule has 0 saturated heterocycles. The summed E-state index contributed by atoms with van der Waals surface area (Å²) in [7, 11) is 0. The SMILES string of the molecule is CCCNc1nnc(C(=O)Nc2nc(C)cc(C)n2)s1. The van der Waals surface area contributed by atoms with Crippen LogP contribution in [0.5, 0.6) is 0 Å². The average Bonchev–Trinajstić information content (AvgIpc) is 2.83. The van der Waals surface area contributed by atoms with Gasteiger partial charge in [0.2, 0.25) is 16.1 Å². The number of hydrogen-bond acceptors (Lipinski definition) is 7. The topological polar surface area (TPSA) is 92.7 Å². The molecule has 0 saturated carbocycles. The van der Waals surface area contributed by atoms with Crippen LogP contribution in [0.3, 0.4) is 0 Å². The fourth-order valence-corrected chi connectivity index (χ4v) is 2.22. The molecule has 2 aromatic heterocycles. The van der Waals surface area contributed by atoms with Crippen molar-refractivity contribution in [3.8, 4) is 0 Å². The van der Waals surface area contributed by atoms with E-state index >= 15 is 0 Å². The zero-order chi connectivity index (χ0) is 14.5. The van der Waals surface area contributed by atoms with Crippen molar-refractivity contribution in [2.75, 3.05) is 17.2 Å². The summed E-state index contributed by atoms with van der Waals surface area (Å²) in [5.74, 6) is -0.0668. The summed E-state index contributed by atoms with van der Waals surface area (Å²) < 4.78 is 0.